The maximum Gasteiger partial charge on any atom is 0.285 e. The van der Waals surface area contributed by atoms with Crippen LogP contribution in [0.15, 0.2) is 24.4 Å². The second kappa shape index (κ2) is 4.48. The molecular weight excluding hydrogens is 188 g/mol. The quantitative estimate of drug-likeness (QED) is 0.329. The molecule has 0 atom stereocenters. The summed E-state index contributed by atoms with van der Waals surface area (Å²) in [7, 11) is 0. The van der Waals surface area contributed by atoms with Crippen LogP contribution in [0.5, 0.6) is 0 Å². The van der Waals surface area contributed by atoms with Crippen LogP contribution < -0.4 is 16.6 Å². The van der Waals surface area contributed by atoms with Gasteiger partial charge in [0, 0.05) is 6.20 Å². The van der Waals surface area contributed by atoms with Crippen molar-refractivity contribution in [3.05, 3.63) is 24.4 Å². The Morgan fingerprint density at radius 1 is 1.54 bits per heavy atom. The van der Waals surface area contributed by atoms with E-state index in [-0.39, 0.29) is 4.99 Å². The molecule has 1 heterocycles. The minimum Gasteiger partial charge on any atom is -0.310 e. The van der Waals surface area contributed by atoms with Crippen molar-refractivity contribution in [2.75, 3.05) is 5.32 Å². The van der Waals surface area contributed by atoms with E-state index in [1.54, 1.807) is 24.4 Å². The second-order valence-electron chi connectivity index (χ2n) is 2.14. The van der Waals surface area contributed by atoms with Crippen LogP contribution in [0.25, 0.3) is 0 Å². The summed E-state index contributed by atoms with van der Waals surface area (Å²) in [5, 5.41) is 2.46. The fraction of sp³-hybridized carbons (Fsp3) is 0. The average molecular weight is 196 g/mol. The lowest BCUT2D eigenvalue weighted by molar-refractivity contribution is -0.110. The molecule has 0 aliphatic heterocycles. The van der Waals surface area contributed by atoms with Crippen molar-refractivity contribution >= 4 is 28.9 Å². The van der Waals surface area contributed by atoms with Gasteiger partial charge in [0.25, 0.3) is 5.91 Å². The summed E-state index contributed by atoms with van der Waals surface area (Å²) < 4.78 is 0. The summed E-state index contributed by atoms with van der Waals surface area (Å²) in [4.78, 5) is 14.9. The number of nitrogens with zero attached hydrogens (tertiary/aromatic N) is 1. The fourth-order valence-corrected chi connectivity index (χ4v) is 0.726. The Hall–Kier alpha value is -1.53. The van der Waals surface area contributed by atoms with E-state index < -0.39 is 5.91 Å². The van der Waals surface area contributed by atoms with E-state index in [0.29, 0.717) is 5.82 Å². The number of amides is 1. The molecule has 0 spiro atoms. The van der Waals surface area contributed by atoms with Gasteiger partial charge in [0.1, 0.15) is 5.82 Å². The molecule has 0 bridgehead atoms. The van der Waals surface area contributed by atoms with Crippen LogP contribution in [0, 0.1) is 0 Å². The summed E-state index contributed by atoms with van der Waals surface area (Å²) in [6, 6.07) is 5.15. The van der Waals surface area contributed by atoms with Gasteiger partial charge in [0.15, 0.2) is 4.99 Å². The molecule has 0 saturated heterocycles. The highest BCUT2D eigenvalue weighted by molar-refractivity contribution is 7.82. The van der Waals surface area contributed by atoms with Gasteiger partial charge < -0.3 is 10.7 Å². The summed E-state index contributed by atoms with van der Waals surface area (Å²) in [5.74, 6) is 4.91. The smallest absolute Gasteiger partial charge is 0.285 e. The molecule has 1 aromatic heterocycles. The number of nitrogens with two attached hydrogens (primary N) is 1. The number of hydrogen-bond donors (Lipinski definition) is 3. The van der Waals surface area contributed by atoms with Gasteiger partial charge >= 0.3 is 0 Å². The largest absolute Gasteiger partial charge is 0.310 e. The molecule has 0 aliphatic rings. The molecule has 0 fully saturated rings. The Morgan fingerprint density at radius 2 is 2.31 bits per heavy atom. The Kier molecular flexibility index (Phi) is 3.30. The monoisotopic (exact) mass is 196 g/mol. The van der Waals surface area contributed by atoms with Crippen LogP contribution >= 0.6 is 12.2 Å². The zero-order chi connectivity index (χ0) is 9.68. The van der Waals surface area contributed by atoms with E-state index in [9.17, 15) is 4.79 Å². The van der Waals surface area contributed by atoms with Crippen molar-refractivity contribution in [3.8, 4) is 0 Å². The SMILES string of the molecule is NNC(=S)C(=O)Nc1ccccn1. The van der Waals surface area contributed by atoms with E-state index in [1.165, 1.54) is 0 Å². The van der Waals surface area contributed by atoms with Gasteiger partial charge in [0.2, 0.25) is 0 Å². The molecule has 0 aromatic carbocycles. The van der Waals surface area contributed by atoms with Crippen LogP contribution in [-0.4, -0.2) is 15.9 Å². The zero-order valence-corrected chi connectivity index (χ0v) is 7.47. The van der Waals surface area contributed by atoms with E-state index in [2.05, 4.69) is 27.9 Å². The average Bonchev–Trinajstić information content (AvgIpc) is 2.18. The van der Waals surface area contributed by atoms with Gasteiger partial charge in [-0.05, 0) is 12.1 Å². The van der Waals surface area contributed by atoms with Crippen molar-refractivity contribution in [1.29, 1.82) is 0 Å². The van der Waals surface area contributed by atoms with Gasteiger partial charge in [-0.15, -0.1) is 0 Å². The molecular formula is C7H8N4OS. The number of carbonyl (C=O) groups excluding carboxylic acids is 1. The lowest BCUT2D eigenvalue weighted by Crippen LogP contribution is -2.38. The zero-order valence-electron chi connectivity index (χ0n) is 6.65. The molecule has 0 radical (unpaired) electrons. The van der Waals surface area contributed by atoms with Crippen molar-refractivity contribution in [3.63, 3.8) is 0 Å². The highest BCUT2D eigenvalue weighted by atomic mass is 32.1. The molecule has 0 saturated carbocycles. The number of aromatic nitrogens is 1. The number of pyridine rings is 1. The summed E-state index contributed by atoms with van der Waals surface area (Å²) in [6.45, 7) is 0. The second-order valence-corrected chi connectivity index (χ2v) is 2.55. The molecule has 4 N–H and O–H groups in total. The topological polar surface area (TPSA) is 80.0 Å². The van der Waals surface area contributed by atoms with Crippen LogP contribution in [0.4, 0.5) is 5.82 Å². The number of thiocarbonyl (C=S) groups is 1. The third kappa shape index (κ3) is 2.77. The number of nitrogens with one attached hydrogen (secondary N) is 2. The number of carbonyl (C=O) groups is 1. The molecule has 0 aliphatic carbocycles. The summed E-state index contributed by atoms with van der Waals surface area (Å²) in [5.41, 5.74) is 2.08. The van der Waals surface area contributed by atoms with E-state index in [1.807, 2.05) is 0 Å². The van der Waals surface area contributed by atoms with E-state index >= 15 is 0 Å². The first-order valence-corrected chi connectivity index (χ1v) is 3.88. The summed E-state index contributed by atoms with van der Waals surface area (Å²) in [6.07, 6.45) is 1.56. The fourth-order valence-electron chi connectivity index (χ4n) is 0.675. The predicted octanol–water partition coefficient (Wildman–Crippen LogP) is -0.189. The lowest BCUT2D eigenvalue weighted by atomic mass is 10.4. The van der Waals surface area contributed by atoms with Crippen LogP contribution in [0.2, 0.25) is 0 Å². The molecule has 0 unspecified atom stereocenters. The third-order valence-corrected chi connectivity index (χ3v) is 1.55. The minimum absolute atomic E-state index is 0.0781. The van der Waals surface area contributed by atoms with Crippen molar-refractivity contribution in [2.45, 2.75) is 0 Å². The minimum atomic E-state index is -0.476. The normalized spacial score (nSPS) is 9.00. The maximum absolute atomic E-state index is 11.1. The van der Waals surface area contributed by atoms with Gasteiger partial charge in [-0.3, -0.25) is 4.79 Å². The number of anilines is 1. The maximum atomic E-state index is 11.1. The van der Waals surface area contributed by atoms with Crippen molar-refractivity contribution in [2.24, 2.45) is 5.84 Å². The number of hydrogen-bond acceptors (Lipinski definition) is 4. The van der Waals surface area contributed by atoms with E-state index in [4.69, 9.17) is 5.84 Å². The first-order chi connectivity index (χ1) is 6.24. The van der Waals surface area contributed by atoms with Gasteiger partial charge in [-0.2, -0.15) is 0 Å². The standard InChI is InChI=1S/C7H8N4OS/c8-11-7(13)6(12)10-5-3-1-2-4-9-5/h1-4H,8H2,(H,11,13)(H,9,10,12). The summed E-state index contributed by atoms with van der Waals surface area (Å²) >= 11 is 4.60. The molecule has 1 amide bonds. The number of hydrazine groups is 1. The number of rotatable bonds is 1. The molecule has 1 aromatic rings. The van der Waals surface area contributed by atoms with Crippen LogP contribution in [0.1, 0.15) is 0 Å². The van der Waals surface area contributed by atoms with Gasteiger partial charge in [-0.25, -0.2) is 10.8 Å². The highest BCUT2D eigenvalue weighted by Gasteiger charge is 2.06. The molecule has 6 heteroatoms. The molecule has 13 heavy (non-hydrogen) atoms. The van der Waals surface area contributed by atoms with Crippen molar-refractivity contribution in [1.82, 2.24) is 10.4 Å². The van der Waals surface area contributed by atoms with Crippen LogP contribution in [0.3, 0.4) is 0 Å². The lowest BCUT2D eigenvalue weighted by Gasteiger charge is -2.03. The third-order valence-electron chi connectivity index (χ3n) is 1.24. The van der Waals surface area contributed by atoms with Crippen LogP contribution in [-0.2, 0) is 4.79 Å². The first kappa shape index (κ1) is 9.56. The Morgan fingerprint density at radius 3 is 2.85 bits per heavy atom. The van der Waals surface area contributed by atoms with Gasteiger partial charge in [-0.1, -0.05) is 18.3 Å². The predicted molar refractivity (Wildman–Crippen MR) is 52.8 cm³/mol. The molecule has 5 nitrogen and oxygen atoms in total. The van der Waals surface area contributed by atoms with Crippen molar-refractivity contribution < 1.29 is 4.79 Å². The Bertz CT molecular complexity index is 314. The van der Waals surface area contributed by atoms with Gasteiger partial charge in [0.05, 0.1) is 0 Å². The first-order valence-electron chi connectivity index (χ1n) is 3.47. The Balaban J connectivity index is 2.60. The molecule has 1 rings (SSSR count). The van der Waals surface area contributed by atoms with E-state index in [0.717, 1.165) is 0 Å². The molecule has 68 valence electrons. The highest BCUT2D eigenvalue weighted by Crippen LogP contribution is 1.98. The Labute approximate surface area is 80.3 Å².